The molecule has 190 valence electrons. The van der Waals surface area contributed by atoms with Crippen molar-refractivity contribution in [2.24, 2.45) is 15.7 Å². The maximum Gasteiger partial charge on any atom is 0.190 e. The number of hydrogen-bond donors (Lipinski definition) is 2. The Labute approximate surface area is 208 Å². The molecule has 0 amide bonds. The predicted molar refractivity (Wildman–Crippen MR) is 136 cm³/mol. The monoisotopic (exact) mass is 495 g/mol. The number of benzene rings is 1. The van der Waals surface area contributed by atoms with Crippen molar-refractivity contribution < 1.29 is 19.0 Å². The van der Waals surface area contributed by atoms with E-state index in [1.807, 2.05) is 16.5 Å². The highest BCUT2D eigenvalue weighted by Crippen LogP contribution is 2.32. The van der Waals surface area contributed by atoms with Crippen LogP contribution in [0.2, 0.25) is 0 Å². The quantitative estimate of drug-likeness (QED) is 0.482. The number of aliphatic imine (C=N–C) groups is 1. The Hall–Kier alpha value is -3.83. The van der Waals surface area contributed by atoms with Crippen LogP contribution in [-0.4, -0.2) is 71.3 Å². The van der Waals surface area contributed by atoms with Gasteiger partial charge in [0, 0.05) is 49.8 Å². The second-order valence-electron chi connectivity index (χ2n) is 8.43. The Bertz CT molecular complexity index is 1390. The van der Waals surface area contributed by atoms with Crippen LogP contribution in [0.15, 0.2) is 46.6 Å². The number of likely N-dealkylation sites (N-methyl/N-ethyl adjacent to an activating group) is 1. The van der Waals surface area contributed by atoms with Gasteiger partial charge in [-0.25, -0.2) is 14.4 Å². The summed E-state index contributed by atoms with van der Waals surface area (Å²) >= 11 is 0. The van der Waals surface area contributed by atoms with Crippen LogP contribution >= 0.6 is 0 Å². The first-order valence-corrected chi connectivity index (χ1v) is 11.5. The zero-order chi connectivity index (χ0) is 25.8. The number of fused-ring (bicyclic) bond motifs is 1. The van der Waals surface area contributed by atoms with E-state index in [9.17, 15) is 5.11 Å². The molecule has 3 N–H and O–H groups in total. The molecule has 0 aliphatic carbocycles. The van der Waals surface area contributed by atoms with Gasteiger partial charge in [0.2, 0.25) is 0 Å². The molecule has 0 bridgehead atoms. The van der Waals surface area contributed by atoms with Crippen LogP contribution in [0.1, 0.15) is 18.5 Å². The third-order valence-electron chi connectivity index (χ3n) is 6.33. The zero-order valence-electron chi connectivity index (χ0n) is 20.7. The Morgan fingerprint density at radius 2 is 2.08 bits per heavy atom. The summed E-state index contributed by atoms with van der Waals surface area (Å²) in [7, 11) is 6.40. The van der Waals surface area contributed by atoms with Crippen molar-refractivity contribution in [3.05, 3.63) is 53.7 Å². The molecule has 2 aromatic heterocycles. The van der Waals surface area contributed by atoms with Crippen LogP contribution < -0.4 is 20.7 Å². The number of rotatable bonds is 7. The van der Waals surface area contributed by atoms with Gasteiger partial charge in [0.05, 0.1) is 26.1 Å². The fourth-order valence-corrected chi connectivity index (χ4v) is 4.26. The van der Waals surface area contributed by atoms with E-state index in [4.69, 9.17) is 20.2 Å². The van der Waals surface area contributed by atoms with Crippen LogP contribution in [0.25, 0.3) is 16.7 Å². The lowest BCUT2D eigenvalue weighted by atomic mass is 10.2. The first-order valence-electron chi connectivity index (χ1n) is 11.5. The molecule has 0 saturated carbocycles. The van der Waals surface area contributed by atoms with Crippen molar-refractivity contribution >= 4 is 28.6 Å². The van der Waals surface area contributed by atoms with Gasteiger partial charge in [-0.2, -0.15) is 0 Å². The van der Waals surface area contributed by atoms with Gasteiger partial charge in [-0.3, -0.25) is 14.9 Å². The summed E-state index contributed by atoms with van der Waals surface area (Å²) in [6.07, 6.45) is 5.56. The summed E-state index contributed by atoms with van der Waals surface area (Å²) < 4.78 is 27.5. The van der Waals surface area contributed by atoms with Crippen LogP contribution in [0.3, 0.4) is 0 Å². The average molecular weight is 496 g/mol. The first kappa shape index (κ1) is 25.3. The second-order valence-corrected chi connectivity index (χ2v) is 8.43. The smallest absolute Gasteiger partial charge is 0.190 e. The predicted octanol–water partition coefficient (Wildman–Crippen LogP) is 2.23. The molecule has 3 heterocycles. The molecular weight excluding hydrogens is 465 g/mol. The number of methoxy groups -OCH3 is 2. The standard InChI is InChI=1S/C25H30FN7O3/c1-28-12-15(11-27)20-13-29-18-6-7-22(30-19-9-17(35-3)10-21(36-4)24(19)26)33(25(18)31-20)14-16-5-8-23(34)32(16)2/h6-7,9-13,16,23,34H,5,8,14,27H2,1-4H3. The van der Waals surface area contributed by atoms with Gasteiger partial charge in [-0.15, -0.1) is 0 Å². The van der Waals surface area contributed by atoms with Gasteiger partial charge in [0.1, 0.15) is 28.7 Å². The fraction of sp³-hybridized carbons (Fsp3) is 0.360. The maximum absolute atomic E-state index is 15.2. The van der Waals surface area contributed by atoms with Crippen molar-refractivity contribution in [2.45, 2.75) is 31.7 Å². The number of allylic oxidation sites excluding steroid dienone is 1. The molecule has 3 aromatic rings. The molecule has 2 atom stereocenters. The minimum Gasteiger partial charge on any atom is -0.497 e. The van der Waals surface area contributed by atoms with E-state index >= 15 is 4.39 Å². The van der Waals surface area contributed by atoms with Gasteiger partial charge in [-0.05, 0) is 32.0 Å². The number of halogens is 1. The van der Waals surface area contributed by atoms with E-state index in [1.165, 1.54) is 32.6 Å². The van der Waals surface area contributed by atoms with Crippen molar-refractivity contribution in [1.29, 1.82) is 0 Å². The minimum atomic E-state index is -0.606. The van der Waals surface area contributed by atoms with Gasteiger partial charge in [-0.1, -0.05) is 0 Å². The molecule has 2 unspecified atom stereocenters. The molecule has 10 nitrogen and oxygen atoms in total. The third-order valence-corrected chi connectivity index (χ3v) is 6.33. The fourth-order valence-electron chi connectivity index (χ4n) is 4.26. The van der Waals surface area contributed by atoms with Crippen molar-refractivity contribution in [3.8, 4) is 11.5 Å². The number of likely N-dealkylation sites (tertiary alicyclic amines) is 1. The molecule has 1 fully saturated rings. The molecule has 4 rings (SSSR count). The van der Waals surface area contributed by atoms with Crippen LogP contribution in [0, 0.1) is 5.82 Å². The second kappa shape index (κ2) is 10.8. The SMILES string of the molecule is CN=CC(=CN)c1cnc2ccc(=Nc3cc(OC)cc(OC)c3F)n(CC3CCC(O)N3C)c2n1. The lowest BCUT2D eigenvalue weighted by molar-refractivity contribution is 0.0343. The van der Waals surface area contributed by atoms with Crippen molar-refractivity contribution in [1.82, 2.24) is 19.4 Å². The van der Waals surface area contributed by atoms with E-state index in [2.05, 4.69) is 15.0 Å². The molecule has 1 aromatic carbocycles. The lowest BCUT2D eigenvalue weighted by Crippen LogP contribution is -2.37. The summed E-state index contributed by atoms with van der Waals surface area (Å²) in [6.45, 7) is 0.453. The number of ether oxygens (including phenoxy) is 2. The van der Waals surface area contributed by atoms with Gasteiger partial charge >= 0.3 is 0 Å². The number of pyridine rings is 1. The molecule has 11 heteroatoms. The summed E-state index contributed by atoms with van der Waals surface area (Å²) in [5.41, 5.74) is 8.64. The molecule has 36 heavy (non-hydrogen) atoms. The Morgan fingerprint density at radius 3 is 2.72 bits per heavy atom. The number of aliphatic hydroxyl groups excluding tert-OH is 1. The summed E-state index contributed by atoms with van der Waals surface area (Å²) in [6, 6.07) is 6.53. The number of nitrogens with zero attached hydrogens (tertiary/aromatic N) is 6. The lowest BCUT2D eigenvalue weighted by Gasteiger charge is -2.24. The van der Waals surface area contributed by atoms with E-state index in [0.717, 1.165) is 6.42 Å². The number of aliphatic hydroxyl groups is 1. The highest BCUT2D eigenvalue weighted by atomic mass is 19.1. The molecule has 1 saturated heterocycles. The Morgan fingerprint density at radius 1 is 1.28 bits per heavy atom. The van der Waals surface area contributed by atoms with Gasteiger partial charge < -0.3 is 24.9 Å². The summed E-state index contributed by atoms with van der Waals surface area (Å²) in [5, 5.41) is 10.3. The van der Waals surface area contributed by atoms with Crippen molar-refractivity contribution in [2.75, 3.05) is 28.3 Å². The number of nitrogens with two attached hydrogens (primary N) is 1. The largest absolute Gasteiger partial charge is 0.497 e. The zero-order valence-corrected chi connectivity index (χ0v) is 20.7. The third kappa shape index (κ3) is 4.93. The van der Waals surface area contributed by atoms with E-state index < -0.39 is 12.0 Å². The number of hydrogen-bond acceptors (Lipinski definition) is 9. The molecule has 1 aliphatic rings. The highest BCUT2D eigenvalue weighted by molar-refractivity contribution is 6.08. The average Bonchev–Trinajstić information content (AvgIpc) is 3.21. The highest BCUT2D eigenvalue weighted by Gasteiger charge is 2.29. The van der Waals surface area contributed by atoms with Crippen LogP contribution in [0.4, 0.5) is 10.1 Å². The van der Waals surface area contributed by atoms with E-state index in [1.54, 1.807) is 31.6 Å². The van der Waals surface area contributed by atoms with Crippen LogP contribution in [0.5, 0.6) is 11.5 Å². The normalized spacial score (nSPS) is 19.5. The molecule has 1 aliphatic heterocycles. The maximum atomic E-state index is 15.2. The molecular formula is C25H30FN7O3. The first-order chi connectivity index (χ1) is 17.4. The van der Waals surface area contributed by atoms with Gasteiger partial charge in [0.15, 0.2) is 17.2 Å². The van der Waals surface area contributed by atoms with Crippen molar-refractivity contribution in [3.63, 3.8) is 0 Å². The summed E-state index contributed by atoms with van der Waals surface area (Å²) in [4.78, 5) is 20.0. The molecule has 0 radical (unpaired) electrons. The Balaban J connectivity index is 1.97. The van der Waals surface area contributed by atoms with Crippen LogP contribution in [-0.2, 0) is 6.54 Å². The Kier molecular flexibility index (Phi) is 7.61. The number of aromatic nitrogens is 3. The molecule has 0 spiro atoms. The van der Waals surface area contributed by atoms with Gasteiger partial charge in [0.25, 0.3) is 0 Å². The summed E-state index contributed by atoms with van der Waals surface area (Å²) in [5.74, 6) is -0.167. The topological polar surface area (TPSA) is 123 Å². The van der Waals surface area contributed by atoms with E-state index in [-0.39, 0.29) is 17.5 Å². The van der Waals surface area contributed by atoms with E-state index in [0.29, 0.717) is 46.6 Å². The minimum absolute atomic E-state index is 0.0152.